The van der Waals surface area contributed by atoms with E-state index in [1.165, 1.54) is 4.68 Å². The van der Waals surface area contributed by atoms with Gasteiger partial charge in [0.2, 0.25) is 10.0 Å². The zero-order chi connectivity index (χ0) is 11.5. The van der Waals surface area contributed by atoms with Gasteiger partial charge in [-0.2, -0.15) is 5.10 Å². The third kappa shape index (κ3) is 2.93. The van der Waals surface area contributed by atoms with Crippen LogP contribution in [0.2, 0.25) is 0 Å². The predicted molar refractivity (Wildman–Crippen MR) is 58.9 cm³/mol. The van der Waals surface area contributed by atoms with Gasteiger partial charge in [0.1, 0.15) is 0 Å². The van der Waals surface area contributed by atoms with Gasteiger partial charge < -0.3 is 5.73 Å². The second-order valence-corrected chi connectivity index (χ2v) is 5.25. The highest BCUT2D eigenvalue weighted by atomic mass is 32.2. The van der Waals surface area contributed by atoms with E-state index in [0.29, 0.717) is 12.2 Å². The number of aromatic nitrogens is 2. The highest BCUT2D eigenvalue weighted by Gasteiger charge is 2.22. The molecule has 0 saturated heterocycles. The van der Waals surface area contributed by atoms with E-state index in [-0.39, 0.29) is 6.54 Å². The van der Waals surface area contributed by atoms with Gasteiger partial charge >= 0.3 is 0 Å². The minimum atomic E-state index is -3.41. The summed E-state index contributed by atoms with van der Waals surface area (Å²) in [5.74, 6) is 0.324. The molecule has 1 unspecified atom stereocenters. The van der Waals surface area contributed by atoms with E-state index in [4.69, 9.17) is 5.73 Å². The van der Waals surface area contributed by atoms with Crippen LogP contribution in [0.1, 0.15) is 13.3 Å². The van der Waals surface area contributed by atoms with Crippen LogP contribution < -0.4 is 10.5 Å². The van der Waals surface area contributed by atoms with Gasteiger partial charge in [0.15, 0.2) is 5.82 Å². The number of nitrogens with zero attached hydrogens (tertiary/aromatic N) is 2. The number of nitrogens with two attached hydrogens (primary N) is 1. The Labute approximate surface area is 89.5 Å². The Kier molecular flexibility index (Phi) is 3.70. The quantitative estimate of drug-likeness (QED) is 0.741. The molecule has 3 N–H and O–H groups in total. The van der Waals surface area contributed by atoms with Crippen LogP contribution in [-0.4, -0.2) is 30.0 Å². The van der Waals surface area contributed by atoms with Crippen molar-refractivity contribution in [3.63, 3.8) is 0 Å². The molecule has 0 aliphatic heterocycles. The Hall–Kier alpha value is -1.08. The number of nitrogens with one attached hydrogen (secondary N) is 1. The topological polar surface area (TPSA) is 90.0 Å². The lowest BCUT2D eigenvalue weighted by Crippen LogP contribution is -2.33. The molecule has 1 heterocycles. The van der Waals surface area contributed by atoms with E-state index in [0.717, 1.165) is 0 Å². The first kappa shape index (κ1) is 12.0. The van der Waals surface area contributed by atoms with Gasteiger partial charge in [-0.25, -0.2) is 8.42 Å². The number of hydrogen-bond donors (Lipinski definition) is 2. The second-order valence-electron chi connectivity index (χ2n) is 3.29. The molecular weight excluding hydrogens is 216 g/mol. The average Bonchev–Trinajstić information content (AvgIpc) is 2.51. The zero-order valence-corrected chi connectivity index (χ0v) is 9.66. The maximum Gasteiger partial charge on any atom is 0.238 e. The Morgan fingerprint density at radius 2 is 2.33 bits per heavy atom. The molecule has 0 saturated carbocycles. The first-order valence-electron chi connectivity index (χ1n) is 4.71. The van der Waals surface area contributed by atoms with Crippen molar-refractivity contribution in [1.82, 2.24) is 9.78 Å². The zero-order valence-electron chi connectivity index (χ0n) is 8.84. The minimum Gasteiger partial charge on any atom is -0.329 e. The van der Waals surface area contributed by atoms with Crippen LogP contribution in [-0.2, 0) is 17.1 Å². The maximum atomic E-state index is 11.7. The van der Waals surface area contributed by atoms with Crippen molar-refractivity contribution in [2.24, 2.45) is 12.8 Å². The van der Waals surface area contributed by atoms with Crippen molar-refractivity contribution in [1.29, 1.82) is 0 Å². The molecule has 0 radical (unpaired) electrons. The fourth-order valence-corrected chi connectivity index (χ4v) is 2.47. The van der Waals surface area contributed by atoms with Crippen molar-refractivity contribution >= 4 is 15.8 Å². The fraction of sp³-hybridized carbons (Fsp3) is 0.625. The Balaban J connectivity index is 2.80. The molecule has 0 aliphatic rings. The van der Waals surface area contributed by atoms with Crippen LogP contribution in [0.4, 0.5) is 5.82 Å². The summed E-state index contributed by atoms with van der Waals surface area (Å²) in [5, 5.41) is 3.36. The normalized spacial score (nSPS) is 13.8. The fourth-order valence-electron chi connectivity index (χ4n) is 1.21. The summed E-state index contributed by atoms with van der Waals surface area (Å²) in [4.78, 5) is 0. The summed E-state index contributed by atoms with van der Waals surface area (Å²) >= 11 is 0. The van der Waals surface area contributed by atoms with Crippen molar-refractivity contribution in [3.8, 4) is 0 Å². The molecule has 15 heavy (non-hydrogen) atoms. The monoisotopic (exact) mass is 232 g/mol. The van der Waals surface area contributed by atoms with Gasteiger partial charge in [0.25, 0.3) is 0 Å². The lowest BCUT2D eigenvalue weighted by molar-refractivity contribution is 0.581. The van der Waals surface area contributed by atoms with Crippen LogP contribution >= 0.6 is 0 Å². The first-order valence-corrected chi connectivity index (χ1v) is 6.25. The Bertz CT molecular complexity index is 408. The third-order valence-corrected chi connectivity index (χ3v) is 4.01. The van der Waals surface area contributed by atoms with Crippen molar-refractivity contribution in [2.45, 2.75) is 18.6 Å². The molecule has 86 valence electrons. The van der Waals surface area contributed by atoms with Gasteiger partial charge in [-0.3, -0.25) is 9.40 Å². The molecule has 1 rings (SSSR count). The molecule has 1 aromatic heterocycles. The van der Waals surface area contributed by atoms with Crippen molar-refractivity contribution < 1.29 is 8.42 Å². The van der Waals surface area contributed by atoms with E-state index in [2.05, 4.69) is 9.82 Å². The molecule has 7 heteroatoms. The summed E-state index contributed by atoms with van der Waals surface area (Å²) in [5.41, 5.74) is 5.38. The van der Waals surface area contributed by atoms with Crippen LogP contribution in [0.15, 0.2) is 12.3 Å². The Morgan fingerprint density at radius 3 is 2.73 bits per heavy atom. The van der Waals surface area contributed by atoms with Gasteiger partial charge in [-0.05, 0) is 6.42 Å². The minimum absolute atomic E-state index is 0.110. The summed E-state index contributed by atoms with van der Waals surface area (Å²) in [6, 6.07) is 1.60. The maximum absolute atomic E-state index is 11.7. The average molecular weight is 232 g/mol. The highest BCUT2D eigenvalue weighted by molar-refractivity contribution is 7.93. The molecule has 0 spiro atoms. The molecule has 0 aliphatic carbocycles. The number of rotatable bonds is 5. The molecule has 0 bridgehead atoms. The summed E-state index contributed by atoms with van der Waals surface area (Å²) in [6.45, 7) is 1.90. The SMILES string of the molecule is CCC(CN)S(=O)(=O)Nc1ccn(C)n1. The number of hydrogen-bond acceptors (Lipinski definition) is 4. The van der Waals surface area contributed by atoms with Crippen molar-refractivity contribution in [3.05, 3.63) is 12.3 Å². The second kappa shape index (κ2) is 4.63. The summed E-state index contributed by atoms with van der Waals surface area (Å²) in [6.07, 6.45) is 2.15. The molecule has 0 fully saturated rings. The standard InChI is InChI=1S/C8H16N4O2S/c1-3-7(6-9)15(13,14)11-8-4-5-12(2)10-8/h4-5,7H,3,6,9H2,1-2H3,(H,10,11). The third-order valence-electron chi connectivity index (χ3n) is 2.12. The smallest absolute Gasteiger partial charge is 0.238 e. The lowest BCUT2D eigenvalue weighted by atomic mass is 10.3. The van der Waals surface area contributed by atoms with Gasteiger partial charge in [0, 0.05) is 25.9 Å². The van der Waals surface area contributed by atoms with Gasteiger partial charge in [-0.15, -0.1) is 0 Å². The van der Waals surface area contributed by atoms with Crippen LogP contribution in [0, 0.1) is 0 Å². The van der Waals surface area contributed by atoms with Crippen LogP contribution in [0.5, 0.6) is 0 Å². The number of aryl methyl sites for hydroxylation is 1. The number of anilines is 1. The largest absolute Gasteiger partial charge is 0.329 e. The van der Waals surface area contributed by atoms with Crippen LogP contribution in [0.25, 0.3) is 0 Å². The van der Waals surface area contributed by atoms with Gasteiger partial charge in [-0.1, -0.05) is 6.92 Å². The first-order chi connectivity index (χ1) is 6.99. The number of sulfonamides is 1. The molecule has 0 aromatic carbocycles. The Morgan fingerprint density at radius 1 is 1.67 bits per heavy atom. The molecule has 0 amide bonds. The molecule has 1 aromatic rings. The molecule has 1 atom stereocenters. The molecular formula is C8H16N4O2S. The van der Waals surface area contributed by atoms with E-state index in [9.17, 15) is 8.42 Å². The van der Waals surface area contributed by atoms with E-state index >= 15 is 0 Å². The van der Waals surface area contributed by atoms with Gasteiger partial charge in [0.05, 0.1) is 5.25 Å². The summed E-state index contributed by atoms with van der Waals surface area (Å²) < 4.78 is 27.4. The predicted octanol–water partition coefficient (Wildman–Crippen LogP) is -0.101. The van der Waals surface area contributed by atoms with Crippen molar-refractivity contribution in [2.75, 3.05) is 11.3 Å². The highest BCUT2D eigenvalue weighted by Crippen LogP contribution is 2.10. The van der Waals surface area contributed by atoms with Crippen LogP contribution in [0.3, 0.4) is 0 Å². The van der Waals surface area contributed by atoms with E-state index < -0.39 is 15.3 Å². The van der Waals surface area contributed by atoms with E-state index in [1.54, 1.807) is 26.2 Å². The summed E-state index contributed by atoms with van der Waals surface area (Å²) in [7, 11) is -1.69. The lowest BCUT2D eigenvalue weighted by Gasteiger charge is -2.13. The molecule has 6 nitrogen and oxygen atoms in total. The van der Waals surface area contributed by atoms with E-state index in [1.807, 2.05) is 0 Å².